The lowest BCUT2D eigenvalue weighted by Crippen LogP contribution is -2.37. The fourth-order valence-electron chi connectivity index (χ4n) is 2.84. The molecule has 0 radical (unpaired) electrons. The third kappa shape index (κ3) is 2.85. The number of likely N-dealkylation sites (tertiary alicyclic amines) is 1. The molecule has 0 spiro atoms. The molecule has 3 nitrogen and oxygen atoms in total. The zero-order chi connectivity index (χ0) is 13.0. The summed E-state index contributed by atoms with van der Waals surface area (Å²) in [4.78, 5) is 2.37. The molecule has 1 aromatic carbocycles. The van der Waals surface area contributed by atoms with Crippen molar-refractivity contribution in [3.8, 4) is 5.75 Å². The first-order valence-electron chi connectivity index (χ1n) is 6.91. The molecule has 3 heteroatoms. The summed E-state index contributed by atoms with van der Waals surface area (Å²) < 4.78 is 5.75. The van der Waals surface area contributed by atoms with Crippen molar-refractivity contribution in [3.63, 3.8) is 0 Å². The van der Waals surface area contributed by atoms with Crippen molar-refractivity contribution in [2.75, 3.05) is 20.2 Å². The topological polar surface area (TPSA) is 38.5 Å². The third-order valence-corrected chi connectivity index (χ3v) is 3.72. The molecule has 2 unspecified atom stereocenters. The van der Waals surface area contributed by atoms with Crippen LogP contribution in [0.5, 0.6) is 5.75 Å². The summed E-state index contributed by atoms with van der Waals surface area (Å²) in [7, 11) is 2.17. The van der Waals surface area contributed by atoms with E-state index in [-0.39, 0.29) is 12.1 Å². The third-order valence-electron chi connectivity index (χ3n) is 3.72. The molecule has 0 aliphatic carbocycles. The van der Waals surface area contributed by atoms with Gasteiger partial charge in [0.15, 0.2) is 0 Å². The summed E-state index contributed by atoms with van der Waals surface area (Å²) in [5.41, 5.74) is 7.60. The number of benzene rings is 1. The highest BCUT2D eigenvalue weighted by Crippen LogP contribution is 2.33. The van der Waals surface area contributed by atoms with E-state index in [9.17, 15) is 0 Å². The highest BCUT2D eigenvalue weighted by Gasteiger charge is 2.28. The van der Waals surface area contributed by atoms with Crippen LogP contribution in [0, 0.1) is 0 Å². The first-order valence-corrected chi connectivity index (χ1v) is 6.91. The average molecular weight is 248 g/mol. The van der Waals surface area contributed by atoms with Gasteiger partial charge >= 0.3 is 0 Å². The van der Waals surface area contributed by atoms with Crippen molar-refractivity contribution in [1.29, 1.82) is 0 Å². The Hall–Kier alpha value is -1.06. The Labute approximate surface area is 110 Å². The number of nitrogens with two attached hydrogens (primary N) is 1. The minimum Gasteiger partial charge on any atom is -0.494 e. The Morgan fingerprint density at radius 3 is 2.89 bits per heavy atom. The lowest BCUT2D eigenvalue weighted by Gasteiger charge is -2.31. The molecular weight excluding hydrogens is 224 g/mol. The second-order valence-corrected chi connectivity index (χ2v) is 5.06. The van der Waals surface area contributed by atoms with E-state index in [4.69, 9.17) is 10.5 Å². The van der Waals surface area contributed by atoms with Gasteiger partial charge in [-0.25, -0.2) is 0 Å². The molecule has 1 aliphatic rings. The normalized spacial score (nSPS) is 25.7. The van der Waals surface area contributed by atoms with Gasteiger partial charge in [-0.3, -0.25) is 4.90 Å². The van der Waals surface area contributed by atoms with Crippen molar-refractivity contribution in [2.24, 2.45) is 5.73 Å². The fourth-order valence-corrected chi connectivity index (χ4v) is 2.84. The van der Waals surface area contributed by atoms with E-state index in [0.29, 0.717) is 6.61 Å². The maximum atomic E-state index is 6.37. The van der Waals surface area contributed by atoms with Gasteiger partial charge in [0.2, 0.25) is 0 Å². The molecule has 1 aromatic rings. The van der Waals surface area contributed by atoms with Crippen LogP contribution in [-0.4, -0.2) is 31.1 Å². The second-order valence-electron chi connectivity index (χ2n) is 5.06. The Morgan fingerprint density at radius 2 is 2.11 bits per heavy atom. The first kappa shape index (κ1) is 13.4. The van der Waals surface area contributed by atoms with Gasteiger partial charge in [0, 0.05) is 11.6 Å². The smallest absolute Gasteiger partial charge is 0.124 e. The maximum Gasteiger partial charge on any atom is 0.124 e. The summed E-state index contributed by atoms with van der Waals surface area (Å²) in [6.07, 6.45) is 3.55. The molecule has 1 aliphatic heterocycles. The number of likely N-dealkylation sites (N-methyl/N-ethyl adjacent to an activating group) is 1. The first-order chi connectivity index (χ1) is 8.74. The number of ether oxygens (including phenoxy) is 1. The molecule has 0 bridgehead atoms. The predicted molar refractivity (Wildman–Crippen MR) is 74.8 cm³/mol. The largest absolute Gasteiger partial charge is 0.494 e. The molecular formula is C15H24N2O. The number of rotatable bonds is 3. The molecule has 1 heterocycles. The molecule has 2 atom stereocenters. The number of nitrogens with zero attached hydrogens (tertiary/aromatic N) is 1. The van der Waals surface area contributed by atoms with Gasteiger partial charge in [0.25, 0.3) is 0 Å². The zero-order valence-electron chi connectivity index (χ0n) is 11.4. The molecule has 100 valence electrons. The molecule has 1 saturated heterocycles. The molecule has 0 amide bonds. The van der Waals surface area contributed by atoms with E-state index in [0.717, 1.165) is 18.7 Å². The minimum absolute atomic E-state index is 0.194. The summed E-state index contributed by atoms with van der Waals surface area (Å²) in [6, 6.07) is 8.76. The van der Waals surface area contributed by atoms with Crippen LogP contribution in [0.25, 0.3) is 0 Å². The lowest BCUT2D eigenvalue weighted by molar-refractivity contribution is 0.221. The Morgan fingerprint density at radius 1 is 1.33 bits per heavy atom. The van der Waals surface area contributed by atoms with Gasteiger partial charge in [-0.15, -0.1) is 0 Å². The van der Waals surface area contributed by atoms with Crippen LogP contribution in [0.3, 0.4) is 0 Å². The van der Waals surface area contributed by atoms with Crippen LogP contribution in [0.4, 0.5) is 0 Å². The molecule has 1 fully saturated rings. The summed E-state index contributed by atoms with van der Waals surface area (Å²) in [5.74, 6) is 0.981. The minimum atomic E-state index is 0.194. The van der Waals surface area contributed by atoms with Crippen molar-refractivity contribution >= 4 is 0 Å². The van der Waals surface area contributed by atoms with E-state index in [1.165, 1.54) is 18.4 Å². The molecule has 0 aromatic heterocycles. The van der Waals surface area contributed by atoms with Gasteiger partial charge in [-0.2, -0.15) is 0 Å². The fraction of sp³-hybridized carbons (Fsp3) is 0.600. The van der Waals surface area contributed by atoms with Crippen molar-refractivity contribution < 1.29 is 4.74 Å². The Bertz CT molecular complexity index is 369. The average Bonchev–Trinajstić information content (AvgIpc) is 2.52. The van der Waals surface area contributed by atoms with E-state index < -0.39 is 0 Å². The number of hydrogen-bond acceptors (Lipinski definition) is 3. The van der Waals surface area contributed by atoms with Crippen molar-refractivity contribution in [2.45, 2.75) is 38.3 Å². The van der Waals surface area contributed by atoms with Gasteiger partial charge in [0.1, 0.15) is 5.75 Å². The van der Waals surface area contributed by atoms with Crippen LogP contribution in [0.1, 0.15) is 37.8 Å². The summed E-state index contributed by atoms with van der Waals surface area (Å²) >= 11 is 0. The molecule has 18 heavy (non-hydrogen) atoms. The summed E-state index contributed by atoms with van der Waals surface area (Å²) in [6.45, 7) is 3.83. The predicted octanol–water partition coefficient (Wildman–Crippen LogP) is 2.57. The highest BCUT2D eigenvalue weighted by molar-refractivity contribution is 5.37. The van der Waals surface area contributed by atoms with Crippen molar-refractivity contribution in [1.82, 2.24) is 4.90 Å². The van der Waals surface area contributed by atoms with Gasteiger partial charge in [-0.05, 0) is 39.4 Å². The van der Waals surface area contributed by atoms with Crippen molar-refractivity contribution in [3.05, 3.63) is 29.8 Å². The van der Waals surface area contributed by atoms with Gasteiger partial charge < -0.3 is 10.5 Å². The van der Waals surface area contributed by atoms with E-state index in [2.05, 4.69) is 24.1 Å². The second kappa shape index (κ2) is 6.21. The Kier molecular flexibility index (Phi) is 4.61. The highest BCUT2D eigenvalue weighted by atomic mass is 16.5. The van der Waals surface area contributed by atoms with Crippen LogP contribution < -0.4 is 10.5 Å². The SMILES string of the molecule is CCOc1ccccc1C1C(N)CCCCN1C. The van der Waals surface area contributed by atoms with E-state index >= 15 is 0 Å². The Balaban J connectivity index is 2.32. The van der Waals surface area contributed by atoms with E-state index in [1.807, 2.05) is 19.1 Å². The monoisotopic (exact) mass is 248 g/mol. The molecule has 2 rings (SSSR count). The van der Waals surface area contributed by atoms with Crippen LogP contribution in [-0.2, 0) is 0 Å². The number of para-hydroxylation sites is 1. The maximum absolute atomic E-state index is 6.37. The van der Waals surface area contributed by atoms with Gasteiger partial charge in [-0.1, -0.05) is 24.6 Å². The summed E-state index contributed by atoms with van der Waals surface area (Å²) in [5, 5.41) is 0. The standard InChI is InChI=1S/C15H24N2O/c1-3-18-14-10-5-4-8-12(14)15-13(16)9-6-7-11-17(15)2/h4-5,8,10,13,15H,3,6-7,9,11,16H2,1-2H3. The van der Waals surface area contributed by atoms with Crippen LogP contribution in [0.2, 0.25) is 0 Å². The number of hydrogen-bond donors (Lipinski definition) is 1. The van der Waals surface area contributed by atoms with E-state index in [1.54, 1.807) is 0 Å². The molecule has 2 N–H and O–H groups in total. The zero-order valence-corrected chi connectivity index (χ0v) is 11.4. The van der Waals surface area contributed by atoms with Crippen LogP contribution >= 0.6 is 0 Å². The van der Waals surface area contributed by atoms with Crippen LogP contribution in [0.15, 0.2) is 24.3 Å². The quantitative estimate of drug-likeness (QED) is 0.893. The molecule has 0 saturated carbocycles. The van der Waals surface area contributed by atoms with Gasteiger partial charge in [0.05, 0.1) is 12.6 Å². The lowest BCUT2D eigenvalue weighted by atomic mass is 9.96.